The number of hydrogen-bond donors (Lipinski definition) is 0. The van der Waals surface area contributed by atoms with Gasteiger partial charge >= 0.3 is 0 Å². The third-order valence-electron chi connectivity index (χ3n) is 2.20. The first-order valence-electron chi connectivity index (χ1n) is 4.58. The van der Waals surface area contributed by atoms with Gasteiger partial charge in [0, 0.05) is 23.1 Å². The van der Waals surface area contributed by atoms with E-state index in [-0.39, 0.29) is 0 Å². The average Bonchev–Trinajstić information content (AvgIpc) is 2.53. The van der Waals surface area contributed by atoms with Crippen LogP contribution in [0, 0.1) is 6.92 Å². The Morgan fingerprint density at radius 2 is 1.93 bits per heavy atom. The lowest BCUT2D eigenvalue weighted by molar-refractivity contribution is 0.835. The highest BCUT2D eigenvalue weighted by Gasteiger charge is 1.95. The van der Waals surface area contributed by atoms with Crippen LogP contribution in [-0.4, -0.2) is 4.57 Å². The fraction of sp³-hybridized carbons (Fsp3) is 0.182. The second-order valence-electron chi connectivity index (χ2n) is 3.31. The van der Waals surface area contributed by atoms with Crippen LogP contribution in [0.15, 0.2) is 34.6 Å². The standard InChI is InChI=1S/C11H11ClN2S/c1-8-7-15-11(14(8)2)13-10-5-3-9(12)4-6-10/h3-7H,1-2H3. The van der Waals surface area contributed by atoms with E-state index >= 15 is 0 Å². The maximum Gasteiger partial charge on any atom is 0.189 e. The van der Waals surface area contributed by atoms with Crippen LogP contribution in [0.5, 0.6) is 0 Å². The van der Waals surface area contributed by atoms with Crippen LogP contribution >= 0.6 is 22.9 Å². The van der Waals surface area contributed by atoms with Crippen LogP contribution in [0.4, 0.5) is 5.69 Å². The molecule has 2 rings (SSSR count). The molecule has 2 aromatic rings. The van der Waals surface area contributed by atoms with E-state index in [1.807, 2.05) is 31.3 Å². The highest BCUT2D eigenvalue weighted by atomic mass is 35.5. The second-order valence-corrected chi connectivity index (χ2v) is 4.58. The van der Waals surface area contributed by atoms with E-state index < -0.39 is 0 Å². The zero-order chi connectivity index (χ0) is 10.8. The minimum absolute atomic E-state index is 0.737. The molecule has 0 N–H and O–H groups in total. The molecule has 78 valence electrons. The Morgan fingerprint density at radius 3 is 2.47 bits per heavy atom. The quantitative estimate of drug-likeness (QED) is 0.726. The molecule has 0 unspecified atom stereocenters. The number of aryl methyl sites for hydroxylation is 1. The number of hydrogen-bond acceptors (Lipinski definition) is 2. The topological polar surface area (TPSA) is 17.3 Å². The fourth-order valence-electron chi connectivity index (χ4n) is 1.17. The van der Waals surface area contributed by atoms with Crippen LogP contribution in [0.25, 0.3) is 0 Å². The van der Waals surface area contributed by atoms with Gasteiger partial charge in [-0.25, -0.2) is 4.99 Å². The Bertz CT molecular complexity index is 522. The monoisotopic (exact) mass is 238 g/mol. The van der Waals surface area contributed by atoms with Gasteiger partial charge < -0.3 is 4.57 Å². The third kappa shape index (κ3) is 2.30. The lowest BCUT2D eigenvalue weighted by atomic mass is 10.3. The highest BCUT2D eigenvalue weighted by Crippen LogP contribution is 2.15. The fourth-order valence-corrected chi connectivity index (χ4v) is 2.19. The number of aromatic nitrogens is 1. The van der Waals surface area contributed by atoms with Crippen LogP contribution in [0.3, 0.4) is 0 Å². The smallest absolute Gasteiger partial charge is 0.189 e. The Labute approximate surface area is 97.5 Å². The zero-order valence-electron chi connectivity index (χ0n) is 8.57. The molecule has 4 heteroatoms. The van der Waals surface area contributed by atoms with Crippen LogP contribution in [0.1, 0.15) is 5.69 Å². The minimum Gasteiger partial charge on any atom is -0.324 e. The largest absolute Gasteiger partial charge is 0.324 e. The predicted molar refractivity (Wildman–Crippen MR) is 64.7 cm³/mol. The van der Waals surface area contributed by atoms with Crippen molar-refractivity contribution in [3.63, 3.8) is 0 Å². The predicted octanol–water partition coefficient (Wildman–Crippen LogP) is 3.28. The lowest BCUT2D eigenvalue weighted by Gasteiger charge is -1.95. The molecular weight excluding hydrogens is 228 g/mol. The van der Waals surface area contributed by atoms with Crippen LogP contribution in [-0.2, 0) is 7.05 Å². The molecule has 0 bridgehead atoms. The van der Waals surface area contributed by atoms with Crippen molar-refractivity contribution in [3.8, 4) is 0 Å². The van der Waals surface area contributed by atoms with Crippen molar-refractivity contribution >= 4 is 28.6 Å². The van der Waals surface area contributed by atoms with E-state index in [2.05, 4.69) is 21.9 Å². The summed E-state index contributed by atoms with van der Waals surface area (Å²) in [6.45, 7) is 2.07. The molecule has 1 heterocycles. The van der Waals surface area contributed by atoms with Gasteiger partial charge in [0.15, 0.2) is 4.80 Å². The van der Waals surface area contributed by atoms with Crippen LogP contribution < -0.4 is 4.80 Å². The second kappa shape index (κ2) is 4.21. The third-order valence-corrected chi connectivity index (χ3v) is 3.49. The van der Waals surface area contributed by atoms with Crippen molar-refractivity contribution < 1.29 is 0 Å². The molecule has 15 heavy (non-hydrogen) atoms. The Hall–Kier alpha value is -1.06. The van der Waals surface area contributed by atoms with E-state index in [0.717, 1.165) is 15.5 Å². The summed E-state index contributed by atoms with van der Waals surface area (Å²) in [5.41, 5.74) is 2.14. The number of rotatable bonds is 1. The molecule has 0 saturated heterocycles. The molecule has 0 amide bonds. The van der Waals surface area contributed by atoms with E-state index in [1.165, 1.54) is 5.69 Å². The summed E-state index contributed by atoms with van der Waals surface area (Å²) in [5.74, 6) is 0. The molecule has 0 radical (unpaired) electrons. The van der Waals surface area contributed by atoms with Crippen molar-refractivity contribution in [2.75, 3.05) is 0 Å². The summed E-state index contributed by atoms with van der Waals surface area (Å²) in [5, 5.41) is 2.83. The van der Waals surface area contributed by atoms with Gasteiger partial charge in [0.2, 0.25) is 0 Å². The van der Waals surface area contributed by atoms with Crippen molar-refractivity contribution in [3.05, 3.63) is 45.2 Å². The number of nitrogens with zero attached hydrogens (tertiary/aromatic N) is 2. The van der Waals surface area contributed by atoms with Crippen molar-refractivity contribution in [1.29, 1.82) is 0 Å². The van der Waals surface area contributed by atoms with Crippen LogP contribution in [0.2, 0.25) is 5.02 Å². The van der Waals surface area contributed by atoms with Crippen molar-refractivity contribution in [2.24, 2.45) is 12.0 Å². The van der Waals surface area contributed by atoms with Crippen molar-refractivity contribution in [2.45, 2.75) is 6.92 Å². The molecule has 2 nitrogen and oxygen atoms in total. The van der Waals surface area contributed by atoms with E-state index in [9.17, 15) is 0 Å². The molecule has 1 aromatic carbocycles. The Kier molecular flexibility index (Phi) is 2.93. The first kappa shape index (κ1) is 10.5. The zero-order valence-corrected chi connectivity index (χ0v) is 10.1. The molecule has 0 spiro atoms. The lowest BCUT2D eigenvalue weighted by Crippen LogP contribution is -2.10. The van der Waals surface area contributed by atoms with Gasteiger partial charge in [-0.2, -0.15) is 0 Å². The molecule has 1 aromatic heterocycles. The molecule has 0 fully saturated rings. The van der Waals surface area contributed by atoms with Gasteiger partial charge in [-0.1, -0.05) is 11.6 Å². The minimum atomic E-state index is 0.737. The van der Waals surface area contributed by atoms with Crippen molar-refractivity contribution in [1.82, 2.24) is 4.57 Å². The molecule has 0 saturated carbocycles. The summed E-state index contributed by atoms with van der Waals surface area (Å²) in [7, 11) is 2.01. The average molecular weight is 239 g/mol. The van der Waals surface area contributed by atoms with Gasteiger partial charge in [0.25, 0.3) is 0 Å². The Morgan fingerprint density at radius 1 is 1.27 bits per heavy atom. The van der Waals surface area contributed by atoms with E-state index in [4.69, 9.17) is 11.6 Å². The molecule has 0 aliphatic heterocycles. The molecular formula is C11H11ClN2S. The normalized spacial score (nSPS) is 12.1. The van der Waals surface area contributed by atoms with Gasteiger partial charge in [0.1, 0.15) is 0 Å². The highest BCUT2D eigenvalue weighted by molar-refractivity contribution is 7.07. The van der Waals surface area contributed by atoms with E-state index in [0.29, 0.717) is 0 Å². The number of halogens is 1. The summed E-state index contributed by atoms with van der Waals surface area (Å²) in [4.78, 5) is 5.52. The van der Waals surface area contributed by atoms with Gasteiger partial charge in [-0.05, 0) is 31.2 Å². The first-order chi connectivity index (χ1) is 7.16. The van der Waals surface area contributed by atoms with Gasteiger partial charge in [0.05, 0.1) is 5.69 Å². The number of thiazole rings is 1. The summed E-state index contributed by atoms with van der Waals surface area (Å²) in [6.07, 6.45) is 0. The van der Waals surface area contributed by atoms with Gasteiger partial charge in [-0.3, -0.25) is 0 Å². The molecule has 0 aliphatic rings. The maximum absolute atomic E-state index is 5.81. The van der Waals surface area contributed by atoms with Gasteiger partial charge in [-0.15, -0.1) is 11.3 Å². The summed E-state index contributed by atoms with van der Waals surface area (Å²) >= 11 is 7.44. The SMILES string of the molecule is Cc1csc(=Nc2ccc(Cl)cc2)n1C. The summed E-state index contributed by atoms with van der Waals surface area (Å²) in [6, 6.07) is 7.52. The number of benzene rings is 1. The summed E-state index contributed by atoms with van der Waals surface area (Å²) < 4.78 is 2.07. The Balaban J connectivity index is 2.46. The van der Waals surface area contributed by atoms with E-state index in [1.54, 1.807) is 11.3 Å². The molecule has 0 atom stereocenters. The first-order valence-corrected chi connectivity index (χ1v) is 5.84. The maximum atomic E-state index is 5.81. The molecule has 0 aliphatic carbocycles.